The zero-order valence-electron chi connectivity index (χ0n) is 16.3. The van der Waals surface area contributed by atoms with Gasteiger partial charge in [0.1, 0.15) is 0 Å². The Morgan fingerprint density at radius 3 is 2.04 bits per heavy atom. The third-order valence-electron chi connectivity index (χ3n) is 7.52. The van der Waals surface area contributed by atoms with Crippen LogP contribution in [-0.4, -0.2) is 27.7 Å². The van der Waals surface area contributed by atoms with E-state index in [2.05, 4.69) is 4.72 Å². The number of ether oxygens (including phenoxy) is 1. The number of nitrogens with one attached hydrogen (secondary N) is 1. The maximum Gasteiger partial charge on any atom is 0.240 e. The van der Waals surface area contributed by atoms with Crippen molar-refractivity contribution in [3.63, 3.8) is 0 Å². The van der Waals surface area contributed by atoms with Gasteiger partial charge >= 0.3 is 0 Å². The standard InChI is InChI=1S/C21H31NO3S/c1-13-5-15(3)20(6-14(13)2)26(23,24)22-12-21(25-4)18-8-16-7-17(10-18)11-19(21)9-16/h5-6,16-19,22H,7-12H2,1-4H3. The van der Waals surface area contributed by atoms with Gasteiger partial charge in [-0.25, -0.2) is 13.1 Å². The van der Waals surface area contributed by atoms with E-state index in [1.54, 1.807) is 13.2 Å². The molecule has 4 fully saturated rings. The van der Waals surface area contributed by atoms with Crippen molar-refractivity contribution in [3.8, 4) is 0 Å². The molecule has 0 saturated heterocycles. The molecule has 0 aromatic heterocycles. The average molecular weight is 378 g/mol. The van der Waals surface area contributed by atoms with Gasteiger partial charge < -0.3 is 4.74 Å². The first kappa shape index (κ1) is 18.5. The van der Waals surface area contributed by atoms with Gasteiger partial charge in [0, 0.05) is 13.7 Å². The molecule has 0 unspecified atom stereocenters. The largest absolute Gasteiger partial charge is 0.376 e. The van der Waals surface area contributed by atoms with Gasteiger partial charge in [-0.05, 0) is 99.3 Å². The van der Waals surface area contributed by atoms with Crippen LogP contribution in [0, 0.1) is 44.4 Å². The van der Waals surface area contributed by atoms with Gasteiger partial charge in [-0.2, -0.15) is 0 Å². The van der Waals surface area contributed by atoms with Crippen molar-refractivity contribution in [2.24, 2.45) is 23.7 Å². The van der Waals surface area contributed by atoms with Crippen LogP contribution in [0.1, 0.15) is 48.8 Å². The fraction of sp³-hybridized carbons (Fsp3) is 0.714. The summed E-state index contributed by atoms with van der Waals surface area (Å²) in [7, 11) is -1.77. The first-order chi connectivity index (χ1) is 12.2. The number of rotatable bonds is 5. The highest BCUT2D eigenvalue weighted by molar-refractivity contribution is 7.89. The lowest BCUT2D eigenvalue weighted by Gasteiger charge is -2.60. The first-order valence-electron chi connectivity index (χ1n) is 9.88. The van der Waals surface area contributed by atoms with Gasteiger partial charge in [-0.1, -0.05) is 6.07 Å². The Hall–Kier alpha value is -0.910. The van der Waals surface area contributed by atoms with Crippen LogP contribution in [0.2, 0.25) is 0 Å². The van der Waals surface area contributed by atoms with E-state index in [-0.39, 0.29) is 5.60 Å². The Balaban J connectivity index is 1.58. The summed E-state index contributed by atoms with van der Waals surface area (Å²) in [5, 5.41) is 0. The van der Waals surface area contributed by atoms with E-state index in [1.807, 2.05) is 26.8 Å². The Bertz CT molecular complexity index is 787. The van der Waals surface area contributed by atoms with Crippen LogP contribution in [0.4, 0.5) is 0 Å². The smallest absolute Gasteiger partial charge is 0.240 e. The SMILES string of the molecule is COC1(CNS(=O)(=O)c2cc(C)c(C)cc2C)C2CC3CC(C2)CC1C3. The van der Waals surface area contributed by atoms with Gasteiger partial charge in [-0.15, -0.1) is 0 Å². The van der Waals surface area contributed by atoms with E-state index < -0.39 is 10.0 Å². The van der Waals surface area contributed by atoms with Crippen LogP contribution in [0.25, 0.3) is 0 Å². The van der Waals surface area contributed by atoms with Gasteiger partial charge in [0.15, 0.2) is 0 Å². The number of methoxy groups -OCH3 is 1. The maximum absolute atomic E-state index is 13.0. The summed E-state index contributed by atoms with van der Waals surface area (Å²) in [4.78, 5) is 0.399. The molecule has 0 aliphatic heterocycles. The molecule has 0 heterocycles. The number of hydrogen-bond acceptors (Lipinski definition) is 3. The second kappa shape index (κ2) is 6.32. The van der Waals surface area contributed by atoms with Crippen molar-refractivity contribution in [1.82, 2.24) is 4.72 Å². The molecule has 4 nitrogen and oxygen atoms in total. The molecule has 144 valence electrons. The van der Waals surface area contributed by atoms with E-state index >= 15 is 0 Å². The summed E-state index contributed by atoms with van der Waals surface area (Å²) < 4.78 is 35.1. The highest BCUT2D eigenvalue weighted by Gasteiger charge is 2.57. The third kappa shape index (κ3) is 2.83. The first-order valence-corrected chi connectivity index (χ1v) is 11.4. The molecule has 1 aromatic carbocycles. The van der Waals surface area contributed by atoms with E-state index in [4.69, 9.17) is 4.74 Å². The van der Waals surface area contributed by atoms with Crippen LogP contribution in [-0.2, 0) is 14.8 Å². The predicted octanol–water partition coefficient (Wildman–Crippen LogP) is 3.73. The van der Waals surface area contributed by atoms with Crippen LogP contribution in [0.5, 0.6) is 0 Å². The second-order valence-electron chi connectivity index (χ2n) is 8.99. The summed E-state index contributed by atoms with van der Waals surface area (Å²) in [6, 6.07) is 3.75. The fourth-order valence-electron chi connectivity index (χ4n) is 6.19. The molecule has 5 heteroatoms. The minimum Gasteiger partial charge on any atom is -0.376 e. The monoisotopic (exact) mass is 377 g/mol. The Kier molecular flexibility index (Phi) is 4.48. The molecule has 1 aromatic rings. The van der Waals surface area contributed by atoms with Gasteiger partial charge in [0.25, 0.3) is 0 Å². The van der Waals surface area contributed by atoms with Gasteiger partial charge in [-0.3, -0.25) is 0 Å². The number of sulfonamides is 1. The zero-order chi connectivity index (χ0) is 18.7. The molecule has 0 amide bonds. The van der Waals surface area contributed by atoms with E-state index in [9.17, 15) is 8.42 Å². The normalized spacial score (nSPS) is 35.8. The van der Waals surface area contributed by atoms with E-state index in [1.165, 1.54) is 32.1 Å². The molecular weight excluding hydrogens is 346 g/mol. The molecule has 4 bridgehead atoms. The lowest BCUT2D eigenvalue weighted by atomic mass is 9.50. The summed E-state index contributed by atoms with van der Waals surface area (Å²) >= 11 is 0. The summed E-state index contributed by atoms with van der Waals surface area (Å²) in [6.07, 6.45) is 6.17. The average Bonchev–Trinajstić information content (AvgIpc) is 2.57. The Morgan fingerprint density at radius 1 is 0.962 bits per heavy atom. The third-order valence-corrected chi connectivity index (χ3v) is 9.06. The second-order valence-corrected chi connectivity index (χ2v) is 10.7. The Labute approximate surface area is 157 Å². The molecule has 1 N–H and O–H groups in total. The number of benzene rings is 1. The summed E-state index contributed by atoms with van der Waals surface area (Å²) in [6.45, 7) is 6.24. The molecule has 4 aliphatic carbocycles. The molecule has 4 saturated carbocycles. The minimum absolute atomic E-state index is 0.325. The molecule has 5 rings (SSSR count). The van der Waals surface area contributed by atoms with Crippen molar-refractivity contribution in [2.75, 3.05) is 13.7 Å². The highest BCUT2D eigenvalue weighted by atomic mass is 32.2. The van der Waals surface area contributed by atoms with Gasteiger partial charge in [0.05, 0.1) is 10.5 Å². The van der Waals surface area contributed by atoms with Crippen molar-refractivity contribution in [1.29, 1.82) is 0 Å². The van der Waals surface area contributed by atoms with Crippen molar-refractivity contribution in [3.05, 3.63) is 28.8 Å². The molecule has 0 atom stereocenters. The van der Waals surface area contributed by atoms with E-state index in [0.717, 1.165) is 28.5 Å². The summed E-state index contributed by atoms with van der Waals surface area (Å²) in [5.74, 6) is 2.65. The molecule has 0 spiro atoms. The number of aryl methyl sites for hydroxylation is 3. The Morgan fingerprint density at radius 2 is 1.50 bits per heavy atom. The lowest BCUT2D eigenvalue weighted by molar-refractivity contribution is -0.185. The minimum atomic E-state index is -3.54. The van der Waals surface area contributed by atoms with E-state index in [0.29, 0.717) is 23.3 Å². The molecule has 0 radical (unpaired) electrons. The topological polar surface area (TPSA) is 55.4 Å². The predicted molar refractivity (Wildman–Crippen MR) is 103 cm³/mol. The molecule has 4 aliphatic rings. The van der Waals surface area contributed by atoms with Crippen molar-refractivity contribution in [2.45, 2.75) is 63.4 Å². The summed E-state index contributed by atoms with van der Waals surface area (Å²) in [5.41, 5.74) is 2.61. The van der Waals surface area contributed by atoms with Crippen LogP contribution >= 0.6 is 0 Å². The van der Waals surface area contributed by atoms with Crippen LogP contribution < -0.4 is 4.72 Å². The molecular formula is C21H31NO3S. The van der Waals surface area contributed by atoms with Crippen LogP contribution in [0.3, 0.4) is 0 Å². The van der Waals surface area contributed by atoms with Crippen LogP contribution in [0.15, 0.2) is 17.0 Å². The highest BCUT2D eigenvalue weighted by Crippen LogP contribution is 2.59. The number of hydrogen-bond donors (Lipinski definition) is 1. The fourth-order valence-corrected chi connectivity index (χ4v) is 7.57. The van der Waals surface area contributed by atoms with Crippen molar-refractivity contribution >= 4 is 10.0 Å². The lowest BCUT2D eigenvalue weighted by Crippen LogP contribution is -2.63. The molecule has 26 heavy (non-hydrogen) atoms. The quantitative estimate of drug-likeness (QED) is 0.851. The van der Waals surface area contributed by atoms with Crippen molar-refractivity contribution < 1.29 is 13.2 Å². The van der Waals surface area contributed by atoms with Gasteiger partial charge in [0.2, 0.25) is 10.0 Å². The zero-order valence-corrected chi connectivity index (χ0v) is 17.2. The maximum atomic E-state index is 13.0.